The van der Waals surface area contributed by atoms with Crippen molar-refractivity contribution in [2.75, 3.05) is 11.8 Å². The van der Waals surface area contributed by atoms with Gasteiger partial charge < -0.3 is 4.74 Å². The zero-order chi connectivity index (χ0) is 16.3. The van der Waals surface area contributed by atoms with Crippen LogP contribution < -0.4 is 9.46 Å². The lowest BCUT2D eigenvalue weighted by Crippen LogP contribution is -2.13. The van der Waals surface area contributed by atoms with E-state index >= 15 is 0 Å². The predicted molar refractivity (Wildman–Crippen MR) is 84.7 cm³/mol. The number of ether oxygens (including phenoxy) is 1. The lowest BCUT2D eigenvalue weighted by molar-refractivity contribution is 0.397. The highest BCUT2D eigenvalue weighted by molar-refractivity contribution is 7.93. The van der Waals surface area contributed by atoms with Crippen molar-refractivity contribution in [2.24, 2.45) is 0 Å². The summed E-state index contributed by atoms with van der Waals surface area (Å²) in [6.45, 7) is 0. The lowest BCUT2D eigenvalue weighted by atomic mass is 10.3. The van der Waals surface area contributed by atoms with Gasteiger partial charge in [0.05, 0.1) is 13.3 Å². The maximum atomic E-state index is 12.3. The van der Waals surface area contributed by atoms with Crippen LogP contribution in [0.2, 0.25) is 0 Å². The molecule has 3 aromatic rings. The number of methoxy groups -OCH3 is 1. The van der Waals surface area contributed by atoms with Gasteiger partial charge in [0.1, 0.15) is 4.90 Å². The number of pyridine rings is 2. The number of sulfonamides is 1. The quantitative estimate of drug-likeness (QED) is 0.748. The number of hydrogen-bond acceptors (Lipinski definition) is 8. The summed E-state index contributed by atoms with van der Waals surface area (Å²) in [5, 5.41) is 0.174. The Morgan fingerprint density at radius 2 is 1.96 bits per heavy atom. The number of aromatic nitrogens is 4. The number of anilines is 1. The van der Waals surface area contributed by atoms with Crippen LogP contribution in [0.3, 0.4) is 0 Å². The Morgan fingerprint density at radius 3 is 2.61 bits per heavy atom. The van der Waals surface area contributed by atoms with E-state index in [2.05, 4.69) is 24.0 Å². The predicted octanol–water partition coefficient (Wildman–Crippen LogP) is 1.80. The maximum absolute atomic E-state index is 12.3. The molecule has 0 saturated carbocycles. The van der Waals surface area contributed by atoms with Crippen LogP contribution in [0, 0.1) is 0 Å². The molecule has 0 spiro atoms. The molecule has 3 rings (SSSR count). The summed E-state index contributed by atoms with van der Waals surface area (Å²) < 4.78 is 36.0. The third-order valence-electron chi connectivity index (χ3n) is 2.81. The molecule has 1 N–H and O–H groups in total. The molecule has 0 unspecified atom stereocenters. The van der Waals surface area contributed by atoms with Gasteiger partial charge in [-0.05, 0) is 18.2 Å². The van der Waals surface area contributed by atoms with Crippen LogP contribution in [0.25, 0.3) is 11.4 Å². The third-order valence-corrected chi connectivity index (χ3v) is 4.90. The minimum Gasteiger partial charge on any atom is -0.481 e. The molecule has 0 radical (unpaired) electrons. The molecule has 0 aliphatic carbocycles. The van der Waals surface area contributed by atoms with Gasteiger partial charge in [0.25, 0.3) is 10.0 Å². The Bertz CT molecular complexity index is 895. The van der Waals surface area contributed by atoms with Crippen LogP contribution >= 0.6 is 11.5 Å². The van der Waals surface area contributed by atoms with Crippen LogP contribution in [0.4, 0.5) is 5.13 Å². The van der Waals surface area contributed by atoms with E-state index in [9.17, 15) is 8.42 Å². The normalized spacial score (nSPS) is 11.2. The molecule has 0 aliphatic heterocycles. The molecule has 3 aromatic heterocycles. The first kappa shape index (κ1) is 15.3. The van der Waals surface area contributed by atoms with E-state index in [-0.39, 0.29) is 10.0 Å². The molecular formula is C13H11N5O3S2. The van der Waals surface area contributed by atoms with Crippen LogP contribution in [-0.2, 0) is 10.0 Å². The van der Waals surface area contributed by atoms with E-state index in [0.717, 1.165) is 17.1 Å². The molecular weight excluding hydrogens is 338 g/mol. The standard InChI is InChI=1S/C13H11N5O3S2/c1-21-11-3-2-10(8-15-11)23(19,20)18-13-16-12(17-22-13)9-4-6-14-7-5-9/h2-8H,1H3,(H,16,17,18). The molecule has 0 saturated heterocycles. The molecule has 10 heteroatoms. The van der Waals surface area contributed by atoms with Gasteiger partial charge in [-0.3, -0.25) is 9.71 Å². The highest BCUT2D eigenvalue weighted by Gasteiger charge is 2.17. The van der Waals surface area contributed by atoms with Crippen molar-refractivity contribution < 1.29 is 13.2 Å². The topological polar surface area (TPSA) is 107 Å². The molecule has 0 fully saturated rings. The summed E-state index contributed by atoms with van der Waals surface area (Å²) >= 11 is 0.957. The van der Waals surface area contributed by atoms with Crippen LogP contribution in [0.15, 0.2) is 47.8 Å². The monoisotopic (exact) mass is 349 g/mol. The Kier molecular flexibility index (Phi) is 4.17. The maximum Gasteiger partial charge on any atom is 0.265 e. The summed E-state index contributed by atoms with van der Waals surface area (Å²) in [5.41, 5.74) is 0.757. The summed E-state index contributed by atoms with van der Waals surface area (Å²) in [5.74, 6) is 0.766. The second-order valence-electron chi connectivity index (χ2n) is 4.30. The highest BCUT2D eigenvalue weighted by atomic mass is 32.2. The Balaban J connectivity index is 1.82. The van der Waals surface area contributed by atoms with Gasteiger partial charge in [0.2, 0.25) is 11.0 Å². The van der Waals surface area contributed by atoms with Gasteiger partial charge >= 0.3 is 0 Å². The van der Waals surface area contributed by atoms with Gasteiger partial charge in [0, 0.05) is 35.6 Å². The van der Waals surface area contributed by atoms with Gasteiger partial charge in [-0.2, -0.15) is 9.36 Å². The van der Waals surface area contributed by atoms with Crippen molar-refractivity contribution in [1.29, 1.82) is 0 Å². The first-order valence-corrected chi connectivity index (χ1v) is 8.61. The van der Waals surface area contributed by atoms with Crippen LogP contribution in [-0.4, -0.2) is 34.9 Å². The molecule has 0 atom stereocenters. The minimum atomic E-state index is -3.78. The van der Waals surface area contributed by atoms with E-state index in [4.69, 9.17) is 4.74 Å². The van der Waals surface area contributed by atoms with Gasteiger partial charge in [0.15, 0.2) is 5.82 Å². The largest absolute Gasteiger partial charge is 0.481 e. The minimum absolute atomic E-state index is 0.0129. The van der Waals surface area contributed by atoms with E-state index in [1.165, 1.54) is 25.4 Å². The number of nitrogens with one attached hydrogen (secondary N) is 1. The molecule has 3 heterocycles. The molecule has 8 nitrogen and oxygen atoms in total. The van der Waals surface area contributed by atoms with Gasteiger partial charge in [-0.1, -0.05) is 0 Å². The van der Waals surface area contributed by atoms with E-state index in [1.54, 1.807) is 24.5 Å². The average molecular weight is 349 g/mol. The molecule has 0 amide bonds. The van der Waals surface area contributed by atoms with Crippen LogP contribution in [0.1, 0.15) is 0 Å². The Morgan fingerprint density at radius 1 is 1.17 bits per heavy atom. The zero-order valence-corrected chi connectivity index (χ0v) is 13.5. The summed E-state index contributed by atoms with van der Waals surface area (Å²) in [7, 11) is -2.32. The first-order valence-electron chi connectivity index (χ1n) is 6.35. The third kappa shape index (κ3) is 3.43. The lowest BCUT2D eigenvalue weighted by Gasteiger charge is -2.04. The van der Waals surface area contributed by atoms with Crippen molar-refractivity contribution in [3.8, 4) is 17.3 Å². The smallest absolute Gasteiger partial charge is 0.265 e. The highest BCUT2D eigenvalue weighted by Crippen LogP contribution is 2.23. The molecule has 118 valence electrons. The summed E-state index contributed by atoms with van der Waals surface area (Å²) in [6, 6.07) is 6.36. The van der Waals surface area contributed by atoms with Crippen molar-refractivity contribution in [1.82, 2.24) is 19.3 Å². The number of hydrogen-bond donors (Lipinski definition) is 1. The first-order chi connectivity index (χ1) is 11.1. The fourth-order valence-corrected chi connectivity index (χ4v) is 3.46. The Hall–Kier alpha value is -2.59. The summed E-state index contributed by atoms with van der Waals surface area (Å²) in [6.07, 6.45) is 4.44. The Labute approximate surface area is 136 Å². The number of rotatable bonds is 5. The fraction of sp³-hybridized carbons (Fsp3) is 0.0769. The van der Waals surface area contributed by atoms with Gasteiger partial charge in [-0.15, -0.1) is 0 Å². The van der Waals surface area contributed by atoms with Crippen molar-refractivity contribution in [2.45, 2.75) is 4.90 Å². The number of nitrogens with zero attached hydrogens (tertiary/aromatic N) is 4. The second kappa shape index (κ2) is 6.26. The molecule has 0 bridgehead atoms. The second-order valence-corrected chi connectivity index (χ2v) is 6.74. The van der Waals surface area contributed by atoms with E-state index < -0.39 is 10.0 Å². The molecule has 23 heavy (non-hydrogen) atoms. The van der Waals surface area contributed by atoms with E-state index in [1.807, 2.05) is 0 Å². The van der Waals surface area contributed by atoms with E-state index in [0.29, 0.717) is 11.7 Å². The van der Waals surface area contributed by atoms with Crippen molar-refractivity contribution >= 4 is 26.7 Å². The zero-order valence-electron chi connectivity index (χ0n) is 11.9. The molecule has 0 aliphatic rings. The van der Waals surface area contributed by atoms with Gasteiger partial charge in [-0.25, -0.2) is 13.4 Å². The summed E-state index contributed by atoms with van der Waals surface area (Å²) in [4.78, 5) is 12.0. The average Bonchev–Trinajstić information content (AvgIpc) is 3.03. The fourth-order valence-electron chi connectivity index (χ4n) is 1.70. The SMILES string of the molecule is COc1ccc(S(=O)(=O)Nc2nc(-c3ccncc3)ns2)cn1. The van der Waals surface area contributed by atoms with Crippen molar-refractivity contribution in [3.63, 3.8) is 0 Å². The van der Waals surface area contributed by atoms with Crippen LogP contribution in [0.5, 0.6) is 5.88 Å². The van der Waals surface area contributed by atoms with Crippen molar-refractivity contribution in [3.05, 3.63) is 42.9 Å². The molecule has 0 aromatic carbocycles.